The van der Waals surface area contributed by atoms with E-state index in [-0.39, 0.29) is 5.76 Å². The van der Waals surface area contributed by atoms with Gasteiger partial charge < -0.3 is 8.98 Å². The standard InChI is InChI=1S/C19H12N2O2S/c1-2-11-21-15-10-9-13-6-3-4-7-14(13)17(15)24-19(21)20-18(22)16-8-5-12-23-16/h1,3-10,12H,11H2. The van der Waals surface area contributed by atoms with Crippen LogP contribution < -0.4 is 4.80 Å². The molecule has 0 N–H and O–H groups in total. The van der Waals surface area contributed by atoms with Crippen LogP contribution in [0, 0.1) is 12.3 Å². The maximum absolute atomic E-state index is 12.3. The fourth-order valence-electron chi connectivity index (χ4n) is 2.67. The van der Waals surface area contributed by atoms with Crippen LogP contribution in [0.4, 0.5) is 0 Å². The number of rotatable bonds is 2. The van der Waals surface area contributed by atoms with Gasteiger partial charge in [0.2, 0.25) is 0 Å². The molecule has 116 valence electrons. The fourth-order valence-corrected chi connectivity index (χ4v) is 3.83. The molecule has 0 saturated carbocycles. The predicted octanol–water partition coefficient (Wildman–Crippen LogP) is 3.82. The van der Waals surface area contributed by atoms with E-state index in [4.69, 9.17) is 10.8 Å². The molecule has 0 radical (unpaired) electrons. The Morgan fingerprint density at radius 1 is 1.21 bits per heavy atom. The summed E-state index contributed by atoms with van der Waals surface area (Å²) < 4.78 is 8.07. The largest absolute Gasteiger partial charge is 0.459 e. The Kier molecular flexibility index (Phi) is 3.52. The molecule has 4 aromatic rings. The van der Waals surface area contributed by atoms with Crippen molar-refractivity contribution in [2.45, 2.75) is 6.54 Å². The van der Waals surface area contributed by atoms with Gasteiger partial charge in [-0.2, -0.15) is 4.99 Å². The maximum atomic E-state index is 12.3. The Hall–Kier alpha value is -3.10. The van der Waals surface area contributed by atoms with Crippen molar-refractivity contribution in [1.82, 2.24) is 4.57 Å². The molecule has 0 saturated heterocycles. The third-order valence-electron chi connectivity index (χ3n) is 3.75. The van der Waals surface area contributed by atoms with Gasteiger partial charge in [0.1, 0.15) is 0 Å². The molecule has 0 bridgehead atoms. The lowest BCUT2D eigenvalue weighted by Gasteiger charge is -2.01. The van der Waals surface area contributed by atoms with Crippen molar-refractivity contribution in [3.05, 3.63) is 65.4 Å². The van der Waals surface area contributed by atoms with E-state index in [2.05, 4.69) is 29.1 Å². The number of furan rings is 1. The van der Waals surface area contributed by atoms with Crippen LogP contribution in [-0.4, -0.2) is 10.5 Å². The molecule has 2 heterocycles. The molecular formula is C19H12N2O2S. The molecule has 4 rings (SSSR count). The number of hydrogen-bond acceptors (Lipinski definition) is 3. The number of carbonyl (C=O) groups is 1. The first-order chi connectivity index (χ1) is 11.8. The fraction of sp³-hybridized carbons (Fsp3) is 0.0526. The number of carbonyl (C=O) groups excluding carboxylic acids is 1. The summed E-state index contributed by atoms with van der Waals surface area (Å²) in [7, 11) is 0. The normalized spacial score (nSPS) is 11.9. The predicted molar refractivity (Wildman–Crippen MR) is 94.8 cm³/mol. The molecule has 0 spiro atoms. The smallest absolute Gasteiger partial charge is 0.315 e. The Bertz CT molecular complexity index is 1160. The zero-order valence-corrected chi connectivity index (χ0v) is 13.4. The highest BCUT2D eigenvalue weighted by Gasteiger charge is 2.12. The zero-order chi connectivity index (χ0) is 16.5. The third-order valence-corrected chi connectivity index (χ3v) is 4.88. The van der Waals surface area contributed by atoms with Crippen LogP contribution in [0.25, 0.3) is 21.0 Å². The topological polar surface area (TPSA) is 47.5 Å². The summed E-state index contributed by atoms with van der Waals surface area (Å²) in [6, 6.07) is 15.5. The first-order valence-corrected chi connectivity index (χ1v) is 8.16. The van der Waals surface area contributed by atoms with Gasteiger partial charge in [-0.1, -0.05) is 47.6 Å². The van der Waals surface area contributed by atoms with Gasteiger partial charge in [-0.15, -0.1) is 6.42 Å². The van der Waals surface area contributed by atoms with Crippen LogP contribution >= 0.6 is 11.3 Å². The van der Waals surface area contributed by atoms with Gasteiger partial charge in [-0.05, 0) is 23.6 Å². The van der Waals surface area contributed by atoms with Crippen LogP contribution in [0.15, 0.2) is 64.2 Å². The van der Waals surface area contributed by atoms with Gasteiger partial charge in [0.15, 0.2) is 10.6 Å². The number of nitrogens with zero attached hydrogens (tertiary/aromatic N) is 2. The number of benzene rings is 2. The lowest BCUT2D eigenvalue weighted by Crippen LogP contribution is -2.16. The third kappa shape index (κ3) is 2.34. The highest BCUT2D eigenvalue weighted by molar-refractivity contribution is 7.17. The number of hydrogen-bond donors (Lipinski definition) is 0. The van der Waals surface area contributed by atoms with Gasteiger partial charge >= 0.3 is 5.91 Å². The molecular weight excluding hydrogens is 320 g/mol. The van der Waals surface area contributed by atoms with Crippen molar-refractivity contribution in [1.29, 1.82) is 0 Å². The lowest BCUT2D eigenvalue weighted by atomic mass is 10.1. The van der Waals surface area contributed by atoms with E-state index >= 15 is 0 Å². The molecule has 0 aliphatic carbocycles. The second kappa shape index (κ2) is 5.84. The quantitative estimate of drug-likeness (QED) is 0.524. The molecule has 0 fully saturated rings. The maximum Gasteiger partial charge on any atom is 0.315 e. The van der Waals surface area contributed by atoms with Crippen LogP contribution in [0.1, 0.15) is 10.6 Å². The molecule has 0 aliphatic rings. The Morgan fingerprint density at radius 3 is 2.88 bits per heavy atom. The molecule has 2 aromatic carbocycles. The summed E-state index contributed by atoms with van der Waals surface area (Å²) in [5, 5.41) is 2.26. The summed E-state index contributed by atoms with van der Waals surface area (Å²) in [5.74, 6) is 2.43. The highest BCUT2D eigenvalue weighted by Crippen LogP contribution is 2.27. The summed E-state index contributed by atoms with van der Waals surface area (Å²) in [6.07, 6.45) is 6.96. The molecule has 4 nitrogen and oxygen atoms in total. The number of aromatic nitrogens is 1. The van der Waals surface area contributed by atoms with Gasteiger partial charge in [-0.25, -0.2) is 0 Å². The molecule has 0 aliphatic heterocycles. The van der Waals surface area contributed by atoms with Crippen LogP contribution in [0.2, 0.25) is 0 Å². The summed E-state index contributed by atoms with van der Waals surface area (Å²) in [4.78, 5) is 17.0. The first kappa shape index (κ1) is 14.5. The Morgan fingerprint density at radius 2 is 2.08 bits per heavy atom. The number of fused-ring (bicyclic) bond motifs is 3. The van der Waals surface area contributed by atoms with Gasteiger partial charge in [0, 0.05) is 5.39 Å². The van der Waals surface area contributed by atoms with E-state index in [1.54, 1.807) is 12.1 Å². The average molecular weight is 332 g/mol. The summed E-state index contributed by atoms with van der Waals surface area (Å²) in [6.45, 7) is 0.350. The molecule has 2 aromatic heterocycles. The highest BCUT2D eigenvalue weighted by atomic mass is 32.1. The monoisotopic (exact) mass is 332 g/mol. The first-order valence-electron chi connectivity index (χ1n) is 7.35. The molecule has 0 unspecified atom stereocenters. The molecule has 24 heavy (non-hydrogen) atoms. The van der Waals surface area contributed by atoms with Crippen LogP contribution in [0.3, 0.4) is 0 Å². The van der Waals surface area contributed by atoms with Crippen molar-refractivity contribution in [3.8, 4) is 12.3 Å². The summed E-state index contributed by atoms with van der Waals surface area (Å²) in [5.41, 5.74) is 0.975. The van der Waals surface area contributed by atoms with E-state index in [1.807, 2.05) is 22.8 Å². The van der Waals surface area contributed by atoms with Crippen molar-refractivity contribution in [2.24, 2.45) is 4.99 Å². The van der Waals surface area contributed by atoms with Gasteiger partial charge in [0.25, 0.3) is 0 Å². The second-order valence-corrected chi connectivity index (χ2v) is 6.18. The Balaban J connectivity index is 2.01. The average Bonchev–Trinajstić information content (AvgIpc) is 3.24. The number of terminal acetylenes is 1. The van der Waals surface area contributed by atoms with Crippen LogP contribution in [-0.2, 0) is 6.54 Å². The SMILES string of the molecule is C#CCn1c(=NC(=O)c2ccco2)sc2c3ccccc3ccc21. The zero-order valence-electron chi connectivity index (χ0n) is 12.6. The molecule has 5 heteroatoms. The molecule has 1 amide bonds. The summed E-state index contributed by atoms with van der Waals surface area (Å²) >= 11 is 1.46. The van der Waals surface area contributed by atoms with Crippen molar-refractivity contribution in [3.63, 3.8) is 0 Å². The van der Waals surface area contributed by atoms with E-state index in [1.165, 1.54) is 17.6 Å². The van der Waals surface area contributed by atoms with E-state index < -0.39 is 5.91 Å². The number of amides is 1. The van der Waals surface area contributed by atoms with E-state index in [0.29, 0.717) is 11.3 Å². The van der Waals surface area contributed by atoms with Crippen molar-refractivity contribution in [2.75, 3.05) is 0 Å². The van der Waals surface area contributed by atoms with Crippen LogP contribution in [0.5, 0.6) is 0 Å². The second-order valence-electron chi connectivity index (χ2n) is 5.20. The van der Waals surface area contributed by atoms with Crippen molar-refractivity contribution >= 4 is 38.2 Å². The molecule has 0 atom stereocenters. The Labute approximate surface area is 141 Å². The number of thiazole rings is 1. The minimum atomic E-state index is -0.415. The lowest BCUT2D eigenvalue weighted by molar-refractivity contribution is 0.0971. The van der Waals surface area contributed by atoms with Gasteiger partial charge in [-0.3, -0.25) is 4.79 Å². The van der Waals surface area contributed by atoms with E-state index in [9.17, 15) is 4.79 Å². The minimum Gasteiger partial charge on any atom is -0.459 e. The minimum absolute atomic E-state index is 0.213. The van der Waals surface area contributed by atoms with Crippen molar-refractivity contribution < 1.29 is 9.21 Å². The van der Waals surface area contributed by atoms with E-state index in [0.717, 1.165) is 21.0 Å². The van der Waals surface area contributed by atoms with Gasteiger partial charge in [0.05, 0.1) is 23.0 Å².